The number of hydrogen-bond acceptors (Lipinski definition) is 2. The van der Waals surface area contributed by atoms with Gasteiger partial charge in [0, 0.05) is 11.1 Å². The molecule has 2 nitrogen and oxygen atoms in total. The second-order valence-electron chi connectivity index (χ2n) is 4.73. The van der Waals surface area contributed by atoms with Gasteiger partial charge in [0.15, 0.2) is 0 Å². The first-order valence-corrected chi connectivity index (χ1v) is 6.62. The predicted octanol–water partition coefficient (Wildman–Crippen LogP) is 3.81. The minimum absolute atomic E-state index is 0.315. The Kier molecular flexibility index (Phi) is 4.08. The molecule has 2 rings (SSSR count). The number of fused-ring (bicyclic) bond motifs is 1. The number of Topliss-reactive ketones (excluding diaryl/α,β-unsaturated/α-hetero) is 2. The van der Waals surface area contributed by atoms with Crippen molar-refractivity contribution in [2.24, 2.45) is 0 Å². The largest absolute Gasteiger partial charge is 0.285 e. The number of unbranched alkanes of at least 4 members (excludes halogenated alkanes) is 3. The van der Waals surface area contributed by atoms with Gasteiger partial charge in [0.1, 0.15) is 0 Å². The molecule has 18 heavy (non-hydrogen) atoms. The predicted molar refractivity (Wildman–Crippen MR) is 72.5 cm³/mol. The van der Waals surface area contributed by atoms with Crippen molar-refractivity contribution >= 4 is 17.6 Å². The van der Waals surface area contributed by atoms with Crippen molar-refractivity contribution in [3.8, 4) is 0 Å². The highest BCUT2D eigenvalue weighted by atomic mass is 16.2. The zero-order valence-corrected chi connectivity index (χ0v) is 10.7. The summed E-state index contributed by atoms with van der Waals surface area (Å²) in [5.41, 5.74) is 2.10. The van der Waals surface area contributed by atoms with E-state index >= 15 is 0 Å². The Morgan fingerprint density at radius 2 is 1.72 bits per heavy atom. The lowest BCUT2D eigenvalue weighted by Crippen LogP contribution is -2.21. The number of hydrogen-bond donors (Lipinski definition) is 0. The monoisotopic (exact) mass is 242 g/mol. The highest BCUT2D eigenvalue weighted by molar-refractivity contribution is 6.51. The fourth-order valence-electron chi connectivity index (χ4n) is 2.28. The molecule has 0 saturated heterocycles. The van der Waals surface area contributed by atoms with E-state index < -0.39 is 0 Å². The molecule has 1 aromatic carbocycles. The van der Waals surface area contributed by atoms with Crippen LogP contribution in [-0.4, -0.2) is 11.6 Å². The van der Waals surface area contributed by atoms with E-state index in [2.05, 4.69) is 6.92 Å². The van der Waals surface area contributed by atoms with Crippen LogP contribution in [0.3, 0.4) is 0 Å². The van der Waals surface area contributed by atoms with Gasteiger partial charge >= 0.3 is 0 Å². The summed E-state index contributed by atoms with van der Waals surface area (Å²) in [6.07, 6.45) is 7.07. The molecule has 0 amide bonds. The lowest BCUT2D eigenvalue weighted by atomic mass is 9.88. The SMILES string of the molecule is CCCCCCC1=Cc2ccccc2C(=O)C1=O. The molecule has 0 bridgehead atoms. The Bertz CT molecular complexity index is 498. The average molecular weight is 242 g/mol. The standard InChI is InChI=1S/C16H18O2/c1-2-3-4-5-9-13-11-12-8-6-7-10-14(12)16(18)15(13)17/h6-8,10-11H,2-5,9H2,1H3. The summed E-state index contributed by atoms with van der Waals surface area (Å²) in [7, 11) is 0. The Morgan fingerprint density at radius 3 is 2.50 bits per heavy atom. The molecule has 0 aromatic heterocycles. The molecule has 1 aromatic rings. The van der Waals surface area contributed by atoms with Gasteiger partial charge in [0.2, 0.25) is 11.6 Å². The van der Waals surface area contributed by atoms with E-state index in [0.29, 0.717) is 11.1 Å². The van der Waals surface area contributed by atoms with Crippen molar-refractivity contribution in [1.82, 2.24) is 0 Å². The van der Waals surface area contributed by atoms with Crippen LogP contribution in [0.15, 0.2) is 29.8 Å². The first-order valence-electron chi connectivity index (χ1n) is 6.62. The first kappa shape index (κ1) is 12.7. The van der Waals surface area contributed by atoms with Crippen molar-refractivity contribution in [2.45, 2.75) is 39.0 Å². The Morgan fingerprint density at radius 1 is 0.944 bits per heavy atom. The quantitative estimate of drug-likeness (QED) is 0.581. The molecule has 0 fully saturated rings. The van der Waals surface area contributed by atoms with Gasteiger partial charge in [0.05, 0.1) is 0 Å². The maximum Gasteiger partial charge on any atom is 0.233 e. The molecule has 0 radical (unpaired) electrons. The van der Waals surface area contributed by atoms with Crippen LogP contribution >= 0.6 is 0 Å². The minimum atomic E-state index is -0.349. The van der Waals surface area contributed by atoms with Gasteiger partial charge in [-0.3, -0.25) is 9.59 Å². The first-order chi connectivity index (χ1) is 8.74. The summed E-state index contributed by atoms with van der Waals surface area (Å²) in [4.78, 5) is 23.9. The van der Waals surface area contributed by atoms with Gasteiger partial charge in [-0.05, 0) is 24.5 Å². The maximum atomic E-state index is 11.9. The Labute approximate surface area is 108 Å². The summed E-state index contributed by atoms with van der Waals surface area (Å²) in [6, 6.07) is 7.31. The molecular weight excluding hydrogens is 224 g/mol. The molecular formula is C16H18O2. The van der Waals surface area contributed by atoms with Crippen molar-refractivity contribution < 1.29 is 9.59 Å². The third-order valence-corrected chi connectivity index (χ3v) is 3.33. The van der Waals surface area contributed by atoms with Crippen LogP contribution in [0.5, 0.6) is 0 Å². The molecule has 0 spiro atoms. The summed E-state index contributed by atoms with van der Waals surface area (Å²) in [5.74, 6) is -0.663. The zero-order chi connectivity index (χ0) is 13.0. The maximum absolute atomic E-state index is 11.9. The van der Waals surface area contributed by atoms with E-state index in [1.54, 1.807) is 12.1 Å². The minimum Gasteiger partial charge on any atom is -0.285 e. The molecule has 0 saturated carbocycles. The topological polar surface area (TPSA) is 34.1 Å². The van der Waals surface area contributed by atoms with Crippen LogP contribution in [-0.2, 0) is 4.79 Å². The Hall–Kier alpha value is -1.70. The van der Waals surface area contributed by atoms with Gasteiger partial charge in [-0.25, -0.2) is 0 Å². The molecule has 0 N–H and O–H groups in total. The molecule has 0 aliphatic heterocycles. The number of rotatable bonds is 5. The van der Waals surface area contributed by atoms with E-state index in [1.807, 2.05) is 18.2 Å². The zero-order valence-electron chi connectivity index (χ0n) is 10.7. The van der Waals surface area contributed by atoms with Crippen LogP contribution < -0.4 is 0 Å². The molecule has 94 valence electrons. The van der Waals surface area contributed by atoms with Gasteiger partial charge in [-0.2, -0.15) is 0 Å². The lowest BCUT2D eigenvalue weighted by Gasteiger charge is -2.14. The van der Waals surface area contributed by atoms with Crippen LogP contribution in [0.4, 0.5) is 0 Å². The molecule has 1 aliphatic carbocycles. The van der Waals surface area contributed by atoms with Crippen molar-refractivity contribution in [1.29, 1.82) is 0 Å². The summed E-state index contributed by atoms with van der Waals surface area (Å²) in [5, 5.41) is 0. The highest BCUT2D eigenvalue weighted by Gasteiger charge is 2.26. The van der Waals surface area contributed by atoms with Crippen LogP contribution in [0.25, 0.3) is 6.08 Å². The summed E-state index contributed by atoms with van der Waals surface area (Å²) >= 11 is 0. The lowest BCUT2D eigenvalue weighted by molar-refractivity contribution is -0.112. The fraction of sp³-hybridized carbons (Fsp3) is 0.375. The molecule has 2 heteroatoms. The molecule has 0 unspecified atom stereocenters. The van der Waals surface area contributed by atoms with Crippen molar-refractivity contribution in [3.63, 3.8) is 0 Å². The number of ketones is 2. The van der Waals surface area contributed by atoms with Crippen LogP contribution in [0.2, 0.25) is 0 Å². The van der Waals surface area contributed by atoms with Gasteiger partial charge in [0.25, 0.3) is 0 Å². The van der Waals surface area contributed by atoms with E-state index in [4.69, 9.17) is 0 Å². The number of benzene rings is 1. The summed E-state index contributed by atoms with van der Waals surface area (Å²) in [6.45, 7) is 2.16. The second kappa shape index (κ2) is 5.76. The average Bonchev–Trinajstić information content (AvgIpc) is 2.40. The third kappa shape index (κ3) is 2.58. The van der Waals surface area contributed by atoms with Crippen molar-refractivity contribution in [2.75, 3.05) is 0 Å². The van der Waals surface area contributed by atoms with Crippen LogP contribution in [0, 0.1) is 0 Å². The van der Waals surface area contributed by atoms with Gasteiger partial charge in [-0.1, -0.05) is 50.5 Å². The molecule has 1 aliphatic rings. The second-order valence-corrected chi connectivity index (χ2v) is 4.73. The van der Waals surface area contributed by atoms with E-state index in [1.165, 1.54) is 12.8 Å². The van der Waals surface area contributed by atoms with Gasteiger partial charge < -0.3 is 0 Å². The van der Waals surface area contributed by atoms with Crippen molar-refractivity contribution in [3.05, 3.63) is 41.0 Å². The smallest absolute Gasteiger partial charge is 0.233 e. The summed E-state index contributed by atoms with van der Waals surface area (Å²) < 4.78 is 0. The van der Waals surface area contributed by atoms with Gasteiger partial charge in [-0.15, -0.1) is 0 Å². The van der Waals surface area contributed by atoms with E-state index in [0.717, 1.165) is 24.8 Å². The fourth-order valence-corrected chi connectivity index (χ4v) is 2.28. The molecule has 0 heterocycles. The number of carbonyl (C=O) groups is 2. The van der Waals surface area contributed by atoms with E-state index in [9.17, 15) is 9.59 Å². The van der Waals surface area contributed by atoms with E-state index in [-0.39, 0.29) is 11.6 Å². The highest BCUT2D eigenvalue weighted by Crippen LogP contribution is 2.24. The number of allylic oxidation sites excluding steroid dienone is 1. The molecule has 0 atom stereocenters. The van der Waals surface area contributed by atoms with Crippen LogP contribution in [0.1, 0.15) is 54.9 Å². The normalized spacial score (nSPS) is 14.4. The number of carbonyl (C=O) groups excluding carboxylic acids is 2. The third-order valence-electron chi connectivity index (χ3n) is 3.33. The Balaban J connectivity index is 2.14.